The molecule has 2 N–H and O–H groups in total. The minimum atomic E-state index is -4.66. The summed E-state index contributed by atoms with van der Waals surface area (Å²) in [6, 6.07) is 2.02. The lowest BCUT2D eigenvalue weighted by Crippen LogP contribution is -2.29. The number of fused-ring (bicyclic) bond motifs is 1. The average molecular weight is 480 g/mol. The summed E-state index contributed by atoms with van der Waals surface area (Å²) in [5, 5.41) is 0. The third-order valence-electron chi connectivity index (χ3n) is 5.47. The number of halogens is 6. The van der Waals surface area contributed by atoms with Crippen molar-refractivity contribution in [1.82, 2.24) is 19.5 Å². The topological polar surface area (TPSA) is 92.2 Å². The molecule has 0 spiro atoms. The summed E-state index contributed by atoms with van der Waals surface area (Å²) in [6.45, 7) is 1.61. The van der Waals surface area contributed by atoms with Crippen LogP contribution < -0.4 is 0 Å². The molecule has 3 aromatic heterocycles. The Balaban J connectivity index is 0.00000289. The first-order valence-corrected chi connectivity index (χ1v) is 10.6. The van der Waals surface area contributed by atoms with Gasteiger partial charge in [-0.1, -0.05) is 6.92 Å². The van der Waals surface area contributed by atoms with Crippen LogP contribution in [0.5, 0.6) is 0 Å². The van der Waals surface area contributed by atoms with Gasteiger partial charge in [0.2, 0.25) is 0 Å². The Morgan fingerprint density at radius 2 is 1.75 bits per heavy atom. The van der Waals surface area contributed by atoms with Crippen molar-refractivity contribution < 1.29 is 36.0 Å². The van der Waals surface area contributed by atoms with Crippen LogP contribution in [-0.2, 0) is 29.4 Å². The molecule has 1 atom stereocenters. The Morgan fingerprint density at radius 1 is 1.09 bits per heavy atom. The first-order valence-electron chi connectivity index (χ1n) is 9.24. The van der Waals surface area contributed by atoms with E-state index in [9.17, 15) is 30.6 Å². The van der Waals surface area contributed by atoms with E-state index >= 15 is 0 Å². The fourth-order valence-corrected chi connectivity index (χ4v) is 4.45. The van der Waals surface area contributed by atoms with E-state index in [2.05, 4.69) is 15.0 Å². The monoisotopic (exact) mass is 480 g/mol. The lowest BCUT2D eigenvalue weighted by Gasteiger charge is -2.20. The number of alkyl halides is 6. The van der Waals surface area contributed by atoms with Crippen LogP contribution in [0, 0.1) is 0 Å². The summed E-state index contributed by atoms with van der Waals surface area (Å²) in [6.07, 6.45) is -7.16. The van der Waals surface area contributed by atoms with Crippen molar-refractivity contribution in [2.45, 2.75) is 42.4 Å². The van der Waals surface area contributed by atoms with E-state index in [0.29, 0.717) is 0 Å². The first-order chi connectivity index (χ1) is 14.4. The van der Waals surface area contributed by atoms with Gasteiger partial charge in [-0.2, -0.15) is 26.3 Å². The number of aryl methyl sites for hydroxylation is 1. The summed E-state index contributed by atoms with van der Waals surface area (Å²) in [4.78, 5) is 11.8. The van der Waals surface area contributed by atoms with Crippen molar-refractivity contribution in [2.75, 3.05) is 5.75 Å². The molecule has 1 fully saturated rings. The number of hydrogen-bond donors (Lipinski definition) is 0. The van der Waals surface area contributed by atoms with Crippen molar-refractivity contribution in [3.63, 3.8) is 0 Å². The third kappa shape index (κ3) is 3.76. The summed E-state index contributed by atoms with van der Waals surface area (Å²) < 4.78 is 93.6. The van der Waals surface area contributed by atoms with Gasteiger partial charge in [-0.3, -0.25) is 9.19 Å². The number of rotatable bonds is 4. The minimum absolute atomic E-state index is 0. The van der Waals surface area contributed by atoms with Gasteiger partial charge in [0, 0.05) is 19.0 Å². The van der Waals surface area contributed by atoms with E-state index in [1.807, 2.05) is 0 Å². The van der Waals surface area contributed by atoms with Crippen molar-refractivity contribution in [1.29, 1.82) is 0 Å². The first kappa shape index (κ1) is 24.1. The highest BCUT2D eigenvalue weighted by Gasteiger charge is 2.64. The quantitative estimate of drug-likeness (QED) is 0.529. The number of imidazole rings is 1. The fourth-order valence-electron chi connectivity index (χ4n) is 3.52. The van der Waals surface area contributed by atoms with Gasteiger partial charge in [0.05, 0.1) is 38.3 Å². The van der Waals surface area contributed by atoms with Crippen LogP contribution in [0.1, 0.15) is 31.0 Å². The molecule has 4 rings (SSSR count). The SMILES string of the molecule is CCS(=O)c1cc(C2(C(F)(F)F)CC2)cnc1-c1nc2cc(C(F)(F)F)ncc2n1C.O. The highest BCUT2D eigenvalue weighted by atomic mass is 32.2. The van der Waals surface area contributed by atoms with Gasteiger partial charge in [-0.05, 0) is 30.5 Å². The molecule has 3 heterocycles. The molecular weight excluding hydrogens is 462 g/mol. The maximum absolute atomic E-state index is 13.5. The van der Waals surface area contributed by atoms with Gasteiger partial charge in [0.1, 0.15) is 11.4 Å². The van der Waals surface area contributed by atoms with Crippen LogP contribution in [0.15, 0.2) is 29.4 Å². The molecule has 1 unspecified atom stereocenters. The molecule has 1 aliphatic rings. The normalized spacial score (nSPS) is 16.6. The fraction of sp³-hybridized carbons (Fsp3) is 0.421. The molecule has 6 nitrogen and oxygen atoms in total. The van der Waals surface area contributed by atoms with Crippen LogP contribution in [0.3, 0.4) is 0 Å². The summed E-state index contributed by atoms with van der Waals surface area (Å²) in [5.74, 6) is 0.220. The number of hydrogen-bond acceptors (Lipinski definition) is 4. The Morgan fingerprint density at radius 3 is 2.28 bits per heavy atom. The van der Waals surface area contributed by atoms with Crippen LogP contribution in [0.4, 0.5) is 26.3 Å². The second kappa shape index (κ2) is 7.80. The van der Waals surface area contributed by atoms with Gasteiger partial charge in [-0.15, -0.1) is 0 Å². The van der Waals surface area contributed by atoms with E-state index < -0.39 is 34.3 Å². The molecule has 0 amide bonds. The molecule has 13 heteroatoms. The maximum atomic E-state index is 13.5. The molecule has 0 saturated heterocycles. The van der Waals surface area contributed by atoms with E-state index in [-0.39, 0.29) is 57.1 Å². The second-order valence-electron chi connectivity index (χ2n) is 7.34. The zero-order valence-corrected chi connectivity index (χ0v) is 17.6. The summed E-state index contributed by atoms with van der Waals surface area (Å²) in [7, 11) is -0.154. The Bertz CT molecular complexity index is 1200. The molecule has 0 bridgehead atoms. The molecule has 1 saturated carbocycles. The van der Waals surface area contributed by atoms with Gasteiger partial charge < -0.3 is 10.0 Å². The Kier molecular flexibility index (Phi) is 5.88. The Labute approximate surface area is 180 Å². The molecule has 32 heavy (non-hydrogen) atoms. The maximum Gasteiger partial charge on any atom is 0.433 e. The second-order valence-corrected chi connectivity index (χ2v) is 9.04. The molecule has 1 aliphatic carbocycles. The van der Waals surface area contributed by atoms with Crippen LogP contribution in [-0.4, -0.2) is 41.1 Å². The molecule has 0 aromatic carbocycles. The van der Waals surface area contributed by atoms with Gasteiger partial charge in [0.15, 0.2) is 5.82 Å². The molecule has 174 valence electrons. The van der Waals surface area contributed by atoms with E-state index in [1.165, 1.54) is 17.7 Å². The number of aromatic nitrogens is 4. The van der Waals surface area contributed by atoms with Gasteiger partial charge in [-0.25, -0.2) is 9.97 Å². The van der Waals surface area contributed by atoms with E-state index in [4.69, 9.17) is 0 Å². The predicted molar refractivity (Wildman–Crippen MR) is 104 cm³/mol. The summed E-state index contributed by atoms with van der Waals surface area (Å²) >= 11 is 0. The number of pyridine rings is 2. The van der Waals surface area contributed by atoms with Crippen LogP contribution in [0.25, 0.3) is 22.6 Å². The van der Waals surface area contributed by atoms with Crippen molar-refractivity contribution >= 4 is 21.8 Å². The van der Waals surface area contributed by atoms with Crippen molar-refractivity contribution in [2.24, 2.45) is 7.05 Å². The average Bonchev–Trinajstić information content (AvgIpc) is 3.46. The number of nitrogens with zero attached hydrogens (tertiary/aromatic N) is 4. The lowest BCUT2D eigenvalue weighted by molar-refractivity contribution is -0.160. The largest absolute Gasteiger partial charge is 0.433 e. The zero-order chi connectivity index (χ0) is 22.8. The molecule has 0 radical (unpaired) electrons. The van der Waals surface area contributed by atoms with Crippen LogP contribution >= 0.6 is 0 Å². The zero-order valence-electron chi connectivity index (χ0n) is 16.8. The van der Waals surface area contributed by atoms with E-state index in [1.54, 1.807) is 6.92 Å². The highest BCUT2D eigenvalue weighted by molar-refractivity contribution is 7.85. The molecule has 0 aliphatic heterocycles. The van der Waals surface area contributed by atoms with Gasteiger partial charge in [0.25, 0.3) is 0 Å². The minimum Gasteiger partial charge on any atom is -0.412 e. The van der Waals surface area contributed by atoms with Crippen LogP contribution in [0.2, 0.25) is 0 Å². The molecule has 3 aromatic rings. The molecular formula is C19H18F6N4O2S. The van der Waals surface area contributed by atoms with Crippen molar-refractivity contribution in [3.05, 3.63) is 35.8 Å². The lowest BCUT2D eigenvalue weighted by atomic mass is 9.97. The predicted octanol–water partition coefficient (Wildman–Crippen LogP) is 3.95. The van der Waals surface area contributed by atoms with Crippen molar-refractivity contribution in [3.8, 4) is 11.5 Å². The highest BCUT2D eigenvalue weighted by Crippen LogP contribution is 2.59. The standard InChI is InChI=1S/C19H16F6N4OS.H2O/c1-3-31(30)13-6-10(17(4-5-17)19(23,24)25)8-27-15(13)16-28-11-7-14(18(20,21)22)26-9-12(11)29(16)2;/h6-9H,3-5H2,1-2H3;1H2. The Hall–Kier alpha value is -2.54. The smallest absolute Gasteiger partial charge is 0.412 e. The summed E-state index contributed by atoms with van der Waals surface area (Å²) in [5.41, 5.74) is -2.85. The van der Waals surface area contributed by atoms with E-state index in [0.717, 1.165) is 18.5 Å². The van der Waals surface area contributed by atoms with Gasteiger partial charge >= 0.3 is 12.4 Å². The third-order valence-corrected chi connectivity index (χ3v) is 6.80.